The minimum Gasteiger partial charge on any atom is -0.371 e. The Bertz CT molecular complexity index is 940. The van der Waals surface area contributed by atoms with Gasteiger partial charge >= 0.3 is 0 Å². The summed E-state index contributed by atoms with van der Waals surface area (Å²) < 4.78 is 25.3. The van der Waals surface area contributed by atoms with Crippen molar-refractivity contribution in [1.29, 1.82) is 5.26 Å². The number of benzene rings is 1. The third kappa shape index (κ3) is 3.89. The van der Waals surface area contributed by atoms with Crippen molar-refractivity contribution in [1.82, 2.24) is 9.88 Å². The molecule has 0 unspecified atom stereocenters. The van der Waals surface area contributed by atoms with E-state index in [1.807, 2.05) is 12.1 Å². The average Bonchev–Trinajstić information content (AvgIpc) is 2.71. The third-order valence-electron chi connectivity index (χ3n) is 5.72. The topological polar surface area (TPSA) is 77.3 Å². The van der Waals surface area contributed by atoms with E-state index in [1.54, 1.807) is 12.1 Å². The lowest BCUT2D eigenvalue weighted by Crippen LogP contribution is -2.52. The van der Waals surface area contributed by atoms with Crippen LogP contribution >= 0.6 is 0 Å². The normalized spacial score (nSPS) is 19.2. The van der Waals surface area contributed by atoms with Crippen LogP contribution in [0, 0.1) is 23.2 Å². The first-order valence-corrected chi connectivity index (χ1v) is 11.2. The number of hydrogen-bond donors (Lipinski definition) is 0. The molecule has 0 amide bonds. The number of piperidine rings is 1. The molecule has 0 N–H and O–H groups in total. The predicted molar refractivity (Wildman–Crippen MR) is 107 cm³/mol. The van der Waals surface area contributed by atoms with Crippen LogP contribution in [0.1, 0.15) is 12.8 Å². The summed E-state index contributed by atoms with van der Waals surface area (Å²) >= 11 is 0. The monoisotopic (exact) mass is 396 g/mol. The lowest BCUT2D eigenvalue weighted by Gasteiger charge is -2.44. The molecular weight excluding hydrogens is 372 g/mol. The van der Waals surface area contributed by atoms with Crippen molar-refractivity contribution < 1.29 is 8.42 Å². The smallest absolute Gasteiger partial charge is 0.206 e. The summed E-state index contributed by atoms with van der Waals surface area (Å²) in [5.74, 6) is 0.870. The molecule has 4 rings (SSSR count). The Morgan fingerprint density at radius 3 is 2.21 bits per heavy atom. The molecule has 0 aliphatic carbocycles. The van der Waals surface area contributed by atoms with Crippen molar-refractivity contribution in [3.8, 4) is 6.07 Å². The fourth-order valence-electron chi connectivity index (χ4n) is 4.00. The maximum Gasteiger partial charge on any atom is 0.206 e. The van der Waals surface area contributed by atoms with Gasteiger partial charge in [0, 0.05) is 49.6 Å². The summed E-state index contributed by atoms with van der Waals surface area (Å²) in [7, 11) is -3.49. The second-order valence-electron chi connectivity index (χ2n) is 7.66. The second-order valence-corrected chi connectivity index (χ2v) is 9.60. The Morgan fingerprint density at radius 2 is 1.61 bits per heavy atom. The molecule has 6 nitrogen and oxygen atoms in total. The van der Waals surface area contributed by atoms with E-state index < -0.39 is 9.84 Å². The molecule has 7 heteroatoms. The van der Waals surface area contributed by atoms with E-state index in [0.29, 0.717) is 10.8 Å². The van der Waals surface area contributed by atoms with Gasteiger partial charge in [-0.3, -0.25) is 4.98 Å². The van der Waals surface area contributed by atoms with Gasteiger partial charge < -0.3 is 9.80 Å². The zero-order chi connectivity index (χ0) is 19.6. The number of nitrogens with zero attached hydrogens (tertiary/aromatic N) is 4. The van der Waals surface area contributed by atoms with Crippen molar-refractivity contribution in [3.63, 3.8) is 0 Å². The summed E-state index contributed by atoms with van der Waals surface area (Å²) in [6.45, 7) is 5.12. The van der Waals surface area contributed by atoms with E-state index in [1.165, 1.54) is 24.5 Å². The molecule has 1 aromatic carbocycles. The Labute approximate surface area is 166 Å². The standard InChI is InChI=1S/C21H24N4O2S/c22-13-17-7-11-24(12-8-17)14-18-15-25(16-18)19-1-3-20(4-2-19)28(26,27)21-5-9-23-10-6-21/h1-6,9-10,17-18H,7-8,11-12,14-16H2. The average molecular weight is 397 g/mol. The summed E-state index contributed by atoms with van der Waals surface area (Å²) in [5.41, 5.74) is 1.06. The highest BCUT2D eigenvalue weighted by Gasteiger charge is 2.30. The highest BCUT2D eigenvalue weighted by Crippen LogP contribution is 2.29. The molecule has 1 aromatic heterocycles. The van der Waals surface area contributed by atoms with Crippen LogP contribution in [0.25, 0.3) is 0 Å². The van der Waals surface area contributed by atoms with Gasteiger partial charge in [-0.1, -0.05) is 0 Å². The van der Waals surface area contributed by atoms with Gasteiger partial charge in [-0.25, -0.2) is 8.42 Å². The van der Waals surface area contributed by atoms with E-state index in [2.05, 4.69) is 20.9 Å². The third-order valence-corrected chi connectivity index (χ3v) is 7.50. The van der Waals surface area contributed by atoms with Gasteiger partial charge in [0.1, 0.15) is 0 Å². The van der Waals surface area contributed by atoms with Gasteiger partial charge in [0.05, 0.1) is 15.9 Å². The lowest BCUT2D eigenvalue weighted by molar-refractivity contribution is 0.164. The summed E-state index contributed by atoms with van der Waals surface area (Å²) in [5, 5.41) is 9.00. The van der Waals surface area contributed by atoms with E-state index >= 15 is 0 Å². The quantitative estimate of drug-likeness (QED) is 0.773. The molecule has 2 saturated heterocycles. The minimum atomic E-state index is -3.49. The van der Waals surface area contributed by atoms with Crippen molar-refractivity contribution in [2.75, 3.05) is 37.6 Å². The summed E-state index contributed by atoms with van der Waals surface area (Å²) in [4.78, 5) is 9.21. The Hall–Kier alpha value is -2.43. The number of aromatic nitrogens is 1. The Balaban J connectivity index is 1.32. The molecule has 28 heavy (non-hydrogen) atoms. The van der Waals surface area contributed by atoms with Gasteiger partial charge in [0.15, 0.2) is 0 Å². The van der Waals surface area contributed by atoms with E-state index in [4.69, 9.17) is 5.26 Å². The minimum absolute atomic E-state index is 0.232. The predicted octanol–water partition coefficient (Wildman–Crippen LogP) is 2.59. The van der Waals surface area contributed by atoms with Crippen LogP contribution in [0.2, 0.25) is 0 Å². The highest BCUT2D eigenvalue weighted by atomic mass is 32.2. The molecule has 3 heterocycles. The van der Waals surface area contributed by atoms with Gasteiger partial charge in [0.25, 0.3) is 0 Å². The van der Waals surface area contributed by atoms with Crippen molar-refractivity contribution in [3.05, 3.63) is 48.8 Å². The van der Waals surface area contributed by atoms with Crippen LogP contribution in [0.4, 0.5) is 5.69 Å². The molecule has 2 fully saturated rings. The maximum atomic E-state index is 12.6. The molecule has 146 valence electrons. The zero-order valence-electron chi connectivity index (χ0n) is 15.7. The molecule has 2 aliphatic rings. The molecule has 0 saturated carbocycles. The van der Waals surface area contributed by atoms with Crippen LogP contribution in [-0.4, -0.2) is 51.0 Å². The fraction of sp³-hybridized carbons (Fsp3) is 0.429. The van der Waals surface area contributed by atoms with Crippen LogP contribution in [-0.2, 0) is 9.84 Å². The molecule has 0 radical (unpaired) electrons. The van der Waals surface area contributed by atoms with Crippen molar-refractivity contribution >= 4 is 15.5 Å². The molecule has 0 atom stereocenters. The van der Waals surface area contributed by atoms with Gasteiger partial charge in [-0.2, -0.15) is 5.26 Å². The number of rotatable bonds is 5. The van der Waals surface area contributed by atoms with Crippen LogP contribution in [0.3, 0.4) is 0 Å². The Kier molecular flexibility index (Phi) is 5.33. The van der Waals surface area contributed by atoms with Crippen LogP contribution in [0.15, 0.2) is 58.6 Å². The van der Waals surface area contributed by atoms with Crippen LogP contribution in [0.5, 0.6) is 0 Å². The molecule has 0 spiro atoms. The Morgan fingerprint density at radius 1 is 1.00 bits per heavy atom. The van der Waals surface area contributed by atoms with E-state index in [0.717, 1.165) is 51.3 Å². The van der Waals surface area contributed by atoms with Crippen LogP contribution < -0.4 is 4.90 Å². The molecule has 0 bridgehead atoms. The first-order valence-electron chi connectivity index (χ1n) is 9.68. The van der Waals surface area contributed by atoms with Gasteiger partial charge in [0.2, 0.25) is 9.84 Å². The summed E-state index contributed by atoms with van der Waals surface area (Å²) in [6, 6.07) is 12.6. The number of nitriles is 1. The van der Waals surface area contributed by atoms with Crippen molar-refractivity contribution in [2.45, 2.75) is 22.6 Å². The molecular formula is C21H24N4O2S. The zero-order valence-corrected chi connectivity index (χ0v) is 16.6. The van der Waals surface area contributed by atoms with Crippen molar-refractivity contribution in [2.24, 2.45) is 11.8 Å². The van der Waals surface area contributed by atoms with Gasteiger partial charge in [-0.05, 0) is 62.3 Å². The highest BCUT2D eigenvalue weighted by molar-refractivity contribution is 7.91. The van der Waals surface area contributed by atoms with E-state index in [9.17, 15) is 8.42 Å². The first-order chi connectivity index (χ1) is 13.6. The SMILES string of the molecule is N#CC1CCN(CC2CN(c3ccc(S(=O)(=O)c4ccncc4)cc3)C2)CC1. The maximum absolute atomic E-state index is 12.6. The number of hydrogen-bond acceptors (Lipinski definition) is 6. The molecule has 2 aliphatic heterocycles. The number of likely N-dealkylation sites (tertiary alicyclic amines) is 1. The first kappa shape index (κ1) is 18.9. The number of sulfone groups is 1. The second kappa shape index (κ2) is 7.90. The number of anilines is 1. The van der Waals surface area contributed by atoms with E-state index in [-0.39, 0.29) is 10.8 Å². The van der Waals surface area contributed by atoms with Gasteiger partial charge in [-0.15, -0.1) is 0 Å². The fourth-order valence-corrected chi connectivity index (χ4v) is 5.24. The molecule has 2 aromatic rings. The lowest BCUT2D eigenvalue weighted by atomic mass is 9.94. The number of pyridine rings is 1. The largest absolute Gasteiger partial charge is 0.371 e. The summed E-state index contributed by atoms with van der Waals surface area (Å²) in [6.07, 6.45) is 4.95.